The van der Waals surface area contributed by atoms with Crippen LogP contribution >= 0.6 is 11.6 Å². The molecule has 1 atom stereocenters. The van der Waals surface area contributed by atoms with E-state index in [9.17, 15) is 9.18 Å². The smallest absolute Gasteiger partial charge is 0.254 e. The molecule has 0 radical (unpaired) electrons. The molecule has 0 bridgehead atoms. The van der Waals surface area contributed by atoms with E-state index in [4.69, 9.17) is 11.6 Å². The number of amides is 1. The van der Waals surface area contributed by atoms with Crippen molar-refractivity contribution in [2.24, 2.45) is 0 Å². The van der Waals surface area contributed by atoms with Gasteiger partial charge in [-0.2, -0.15) is 0 Å². The molecular weight excluding hydrogens is 381 g/mol. The van der Waals surface area contributed by atoms with Crippen LogP contribution < -0.4 is 10.2 Å². The third-order valence-corrected chi connectivity index (χ3v) is 4.82. The van der Waals surface area contributed by atoms with Crippen LogP contribution in [0.5, 0.6) is 0 Å². The number of pyridine rings is 1. The van der Waals surface area contributed by atoms with Gasteiger partial charge >= 0.3 is 0 Å². The maximum absolute atomic E-state index is 13.9. The Morgan fingerprint density at radius 3 is 2.93 bits per heavy atom. The Morgan fingerprint density at radius 1 is 1.25 bits per heavy atom. The highest BCUT2D eigenvalue weighted by Crippen LogP contribution is 2.21. The van der Waals surface area contributed by atoms with Crippen molar-refractivity contribution in [2.45, 2.75) is 12.5 Å². The van der Waals surface area contributed by atoms with Crippen molar-refractivity contribution < 1.29 is 9.18 Å². The van der Waals surface area contributed by atoms with Gasteiger partial charge in [-0.05, 0) is 42.8 Å². The van der Waals surface area contributed by atoms with Crippen LogP contribution in [0.3, 0.4) is 0 Å². The molecule has 8 heteroatoms. The second kappa shape index (κ2) is 7.90. The van der Waals surface area contributed by atoms with Crippen LogP contribution in [-0.4, -0.2) is 40.0 Å². The number of nitrogens with zero attached hydrogens (tertiary/aromatic N) is 4. The Kier molecular flexibility index (Phi) is 5.16. The summed E-state index contributed by atoms with van der Waals surface area (Å²) in [5.41, 5.74) is 1.68. The van der Waals surface area contributed by atoms with Gasteiger partial charge in [0.05, 0.1) is 11.3 Å². The minimum atomic E-state index is -0.632. The van der Waals surface area contributed by atoms with Crippen LogP contribution in [-0.2, 0) is 0 Å². The molecule has 0 aliphatic carbocycles. The first-order valence-corrected chi connectivity index (χ1v) is 9.22. The van der Waals surface area contributed by atoms with Crippen LogP contribution in [0.2, 0.25) is 5.02 Å². The van der Waals surface area contributed by atoms with Crippen LogP contribution in [0, 0.1) is 5.82 Å². The van der Waals surface area contributed by atoms with Gasteiger partial charge in [-0.15, -0.1) is 0 Å². The summed E-state index contributed by atoms with van der Waals surface area (Å²) in [5.74, 6) is -0.492. The lowest BCUT2D eigenvalue weighted by atomic mass is 10.1. The molecule has 0 saturated carbocycles. The van der Waals surface area contributed by atoms with Gasteiger partial charge < -0.3 is 10.2 Å². The van der Waals surface area contributed by atoms with Gasteiger partial charge in [0, 0.05) is 48.3 Å². The number of hydrogen-bond donors (Lipinski definition) is 1. The number of carbonyl (C=O) groups is 1. The Bertz CT molecular complexity index is 1000. The van der Waals surface area contributed by atoms with Crippen molar-refractivity contribution in [1.82, 2.24) is 20.3 Å². The molecule has 6 nitrogen and oxygen atoms in total. The van der Waals surface area contributed by atoms with E-state index in [1.165, 1.54) is 12.1 Å². The van der Waals surface area contributed by atoms with E-state index in [0.717, 1.165) is 23.7 Å². The maximum atomic E-state index is 13.9. The van der Waals surface area contributed by atoms with Crippen molar-refractivity contribution in [2.75, 3.05) is 18.0 Å². The Morgan fingerprint density at radius 2 is 2.14 bits per heavy atom. The molecule has 1 aromatic carbocycles. The van der Waals surface area contributed by atoms with Gasteiger partial charge in [-0.3, -0.25) is 9.78 Å². The standard InChI is InChI=1S/C20H17ClFN5O/c21-14-3-4-16(17(22)10-14)19(28)25-15-6-9-27(12-15)20-24-8-5-18(26-20)13-2-1-7-23-11-13/h1-5,7-8,10-11,15H,6,9,12H2,(H,25,28). The lowest BCUT2D eigenvalue weighted by Gasteiger charge is -2.17. The molecule has 0 spiro atoms. The quantitative estimate of drug-likeness (QED) is 0.731. The molecule has 1 saturated heterocycles. The second-order valence-corrected chi connectivity index (χ2v) is 6.95. The van der Waals surface area contributed by atoms with Gasteiger partial charge in [0.25, 0.3) is 5.91 Å². The summed E-state index contributed by atoms with van der Waals surface area (Å²) >= 11 is 5.74. The molecule has 1 fully saturated rings. The summed E-state index contributed by atoms with van der Waals surface area (Å²) in [7, 11) is 0. The minimum absolute atomic E-state index is 0.0160. The zero-order valence-corrected chi connectivity index (χ0v) is 15.6. The lowest BCUT2D eigenvalue weighted by Crippen LogP contribution is -2.37. The van der Waals surface area contributed by atoms with Crippen molar-refractivity contribution >= 4 is 23.5 Å². The largest absolute Gasteiger partial charge is 0.347 e. The van der Waals surface area contributed by atoms with Gasteiger partial charge in [-0.25, -0.2) is 14.4 Å². The molecular formula is C20H17ClFN5O. The van der Waals surface area contributed by atoms with Crippen molar-refractivity contribution in [3.05, 3.63) is 71.4 Å². The molecule has 4 rings (SSSR count). The highest BCUT2D eigenvalue weighted by Gasteiger charge is 2.27. The fourth-order valence-electron chi connectivity index (χ4n) is 3.17. The summed E-state index contributed by atoms with van der Waals surface area (Å²) in [6.07, 6.45) is 5.89. The molecule has 142 valence electrons. The fourth-order valence-corrected chi connectivity index (χ4v) is 3.33. The number of hydrogen-bond acceptors (Lipinski definition) is 5. The number of rotatable bonds is 4. The lowest BCUT2D eigenvalue weighted by molar-refractivity contribution is 0.0936. The second-order valence-electron chi connectivity index (χ2n) is 6.51. The van der Waals surface area contributed by atoms with E-state index < -0.39 is 11.7 Å². The molecule has 1 aliphatic heterocycles. The van der Waals surface area contributed by atoms with Gasteiger partial charge in [0.15, 0.2) is 0 Å². The first-order valence-electron chi connectivity index (χ1n) is 8.84. The van der Waals surface area contributed by atoms with E-state index in [0.29, 0.717) is 19.0 Å². The van der Waals surface area contributed by atoms with Gasteiger partial charge in [-0.1, -0.05) is 11.6 Å². The molecule has 3 heterocycles. The van der Waals surface area contributed by atoms with Crippen LogP contribution in [0.25, 0.3) is 11.3 Å². The maximum Gasteiger partial charge on any atom is 0.254 e. The average molecular weight is 398 g/mol. The molecule has 1 unspecified atom stereocenters. The summed E-state index contributed by atoms with van der Waals surface area (Å²) in [6.45, 7) is 1.25. The Balaban J connectivity index is 1.44. The third kappa shape index (κ3) is 3.94. The third-order valence-electron chi connectivity index (χ3n) is 4.58. The van der Waals surface area contributed by atoms with Crippen molar-refractivity contribution in [3.8, 4) is 11.3 Å². The van der Waals surface area contributed by atoms with Crippen LogP contribution in [0.1, 0.15) is 16.8 Å². The minimum Gasteiger partial charge on any atom is -0.347 e. The molecule has 1 amide bonds. The van der Waals surface area contributed by atoms with Gasteiger partial charge in [0.1, 0.15) is 5.82 Å². The number of benzene rings is 1. The highest BCUT2D eigenvalue weighted by molar-refractivity contribution is 6.30. The summed E-state index contributed by atoms with van der Waals surface area (Å²) in [6, 6.07) is 9.53. The summed E-state index contributed by atoms with van der Waals surface area (Å²) in [5, 5.41) is 3.13. The van der Waals surface area contributed by atoms with E-state index >= 15 is 0 Å². The number of halogens is 2. The molecule has 3 aromatic rings. The van der Waals surface area contributed by atoms with Gasteiger partial charge in [0.2, 0.25) is 5.95 Å². The zero-order valence-electron chi connectivity index (χ0n) is 14.8. The molecule has 1 N–H and O–H groups in total. The van der Waals surface area contributed by atoms with E-state index in [1.807, 2.05) is 23.1 Å². The normalized spacial score (nSPS) is 16.2. The van der Waals surface area contributed by atoms with Crippen molar-refractivity contribution in [1.29, 1.82) is 0 Å². The van der Waals surface area contributed by atoms with Crippen molar-refractivity contribution in [3.63, 3.8) is 0 Å². The number of carbonyl (C=O) groups excluding carboxylic acids is 1. The number of nitrogens with one attached hydrogen (secondary N) is 1. The molecule has 28 heavy (non-hydrogen) atoms. The topological polar surface area (TPSA) is 71.0 Å². The Labute approximate surface area is 166 Å². The SMILES string of the molecule is O=C(NC1CCN(c2nccc(-c3cccnc3)n2)C1)c1ccc(Cl)cc1F. The first-order chi connectivity index (χ1) is 13.6. The van der Waals surface area contributed by atoms with Crippen LogP contribution in [0.15, 0.2) is 55.0 Å². The van der Waals surface area contributed by atoms with E-state index in [1.54, 1.807) is 18.6 Å². The number of aromatic nitrogens is 3. The predicted molar refractivity (Wildman–Crippen MR) is 105 cm³/mol. The zero-order chi connectivity index (χ0) is 19.5. The fraction of sp³-hybridized carbons (Fsp3) is 0.200. The van der Waals surface area contributed by atoms with Crippen LogP contribution in [0.4, 0.5) is 10.3 Å². The average Bonchev–Trinajstić information content (AvgIpc) is 3.17. The summed E-state index contributed by atoms with van der Waals surface area (Å²) < 4.78 is 13.9. The molecule has 1 aliphatic rings. The predicted octanol–water partition coefficient (Wildman–Crippen LogP) is 3.34. The highest BCUT2D eigenvalue weighted by atomic mass is 35.5. The van der Waals surface area contributed by atoms with E-state index in [-0.39, 0.29) is 16.6 Å². The summed E-state index contributed by atoms with van der Waals surface area (Å²) in [4.78, 5) is 27.4. The Hall–Kier alpha value is -3.06. The first kappa shape index (κ1) is 18.3. The van der Waals surface area contributed by atoms with E-state index in [2.05, 4.69) is 20.3 Å². The molecule has 2 aromatic heterocycles. The number of anilines is 1. The monoisotopic (exact) mass is 397 g/mol.